The molecule has 0 aromatic carbocycles. The van der Waals surface area contributed by atoms with E-state index in [0.717, 1.165) is 12.8 Å². The zero-order valence-electron chi connectivity index (χ0n) is 16.9. The molecule has 28 heavy (non-hydrogen) atoms. The van der Waals surface area contributed by atoms with Crippen LogP contribution in [0, 0.1) is 34.0 Å². The molecule has 0 radical (unpaired) electrons. The summed E-state index contributed by atoms with van der Waals surface area (Å²) in [4.78, 5) is 26.6. The average molecular weight is 390 g/mol. The number of carbonyl (C=O) groups excluding carboxylic acids is 2. The zero-order chi connectivity index (χ0) is 20.1. The molecule has 2 saturated heterocycles. The van der Waals surface area contributed by atoms with Gasteiger partial charge in [0.1, 0.15) is 11.5 Å². The van der Waals surface area contributed by atoms with Gasteiger partial charge >= 0.3 is 5.97 Å². The minimum Gasteiger partial charge on any atom is -0.461 e. The first-order valence-electron chi connectivity index (χ1n) is 10.6. The van der Waals surface area contributed by atoms with E-state index < -0.39 is 35.1 Å². The molecule has 2 spiro atoms. The summed E-state index contributed by atoms with van der Waals surface area (Å²) in [6, 6.07) is 0. The van der Waals surface area contributed by atoms with Crippen LogP contribution in [0.4, 0.5) is 0 Å². The number of ether oxygens (including phenoxy) is 3. The summed E-state index contributed by atoms with van der Waals surface area (Å²) in [6.45, 7) is 11.2. The second-order valence-corrected chi connectivity index (χ2v) is 10.2. The van der Waals surface area contributed by atoms with Crippen molar-refractivity contribution in [2.75, 3.05) is 13.2 Å². The van der Waals surface area contributed by atoms with Crippen LogP contribution in [0.5, 0.6) is 0 Å². The molecule has 0 unspecified atom stereocenters. The third-order valence-electron chi connectivity index (χ3n) is 8.56. The van der Waals surface area contributed by atoms with Gasteiger partial charge in [0, 0.05) is 23.9 Å². The molecule has 1 N–H and O–H groups in total. The fourth-order valence-corrected chi connectivity index (χ4v) is 7.62. The molecule has 2 bridgehead atoms. The van der Waals surface area contributed by atoms with Crippen molar-refractivity contribution < 1.29 is 28.9 Å². The van der Waals surface area contributed by atoms with E-state index in [1.54, 1.807) is 0 Å². The zero-order valence-corrected chi connectivity index (χ0v) is 16.9. The van der Waals surface area contributed by atoms with Crippen molar-refractivity contribution in [3.8, 4) is 0 Å². The maximum atomic E-state index is 13.3. The van der Waals surface area contributed by atoms with Crippen LogP contribution in [0.25, 0.3) is 0 Å². The molecule has 6 heteroatoms. The molecule has 3 saturated carbocycles. The number of rotatable bonds is 2. The van der Waals surface area contributed by atoms with Crippen molar-refractivity contribution in [2.24, 2.45) is 34.0 Å². The number of aliphatic hydroxyl groups is 1. The summed E-state index contributed by atoms with van der Waals surface area (Å²) in [6.07, 6.45) is 0.960. The molecule has 5 aliphatic rings. The topological polar surface area (TPSA) is 82.1 Å². The van der Waals surface area contributed by atoms with Crippen LogP contribution in [-0.4, -0.2) is 48.6 Å². The van der Waals surface area contributed by atoms with Gasteiger partial charge < -0.3 is 19.3 Å². The summed E-state index contributed by atoms with van der Waals surface area (Å²) in [7, 11) is 0. The van der Waals surface area contributed by atoms with Gasteiger partial charge in [-0.15, -0.1) is 0 Å². The fourth-order valence-electron chi connectivity index (χ4n) is 7.62. The van der Waals surface area contributed by atoms with Crippen molar-refractivity contribution in [3.05, 3.63) is 12.2 Å². The molecule has 5 fully saturated rings. The van der Waals surface area contributed by atoms with E-state index in [-0.39, 0.29) is 29.1 Å². The molecular weight excluding hydrogens is 360 g/mol. The molecular formula is C22H30O6. The van der Waals surface area contributed by atoms with Gasteiger partial charge in [0.05, 0.1) is 12.7 Å². The molecule has 2 aliphatic heterocycles. The first kappa shape index (κ1) is 18.8. The van der Waals surface area contributed by atoms with Crippen LogP contribution in [0.2, 0.25) is 0 Å². The van der Waals surface area contributed by atoms with Crippen molar-refractivity contribution in [3.63, 3.8) is 0 Å². The van der Waals surface area contributed by atoms with Gasteiger partial charge in [0.25, 0.3) is 0 Å². The van der Waals surface area contributed by atoms with Crippen molar-refractivity contribution in [2.45, 2.75) is 65.0 Å². The average Bonchev–Trinajstić information content (AvgIpc) is 3.10. The van der Waals surface area contributed by atoms with E-state index in [9.17, 15) is 14.7 Å². The highest BCUT2D eigenvalue weighted by molar-refractivity contribution is 6.15. The molecule has 8 atom stereocenters. The Morgan fingerprint density at radius 2 is 2.04 bits per heavy atom. The Morgan fingerprint density at radius 3 is 2.75 bits per heavy atom. The lowest BCUT2D eigenvalue weighted by atomic mass is 9.43. The van der Waals surface area contributed by atoms with Crippen molar-refractivity contribution in [1.82, 2.24) is 0 Å². The smallest absolute Gasteiger partial charge is 0.320 e. The minimum absolute atomic E-state index is 0.0541. The predicted octanol–water partition coefficient (Wildman–Crippen LogP) is 2.24. The summed E-state index contributed by atoms with van der Waals surface area (Å²) < 4.78 is 18.2. The number of Topliss-reactive ketones (excluding diaryl/α,β-unsaturated/α-hetero) is 1. The van der Waals surface area contributed by atoms with Crippen molar-refractivity contribution >= 4 is 11.8 Å². The Labute approximate surface area is 165 Å². The maximum Gasteiger partial charge on any atom is 0.320 e. The van der Waals surface area contributed by atoms with Gasteiger partial charge in [0.2, 0.25) is 0 Å². The van der Waals surface area contributed by atoms with E-state index in [4.69, 9.17) is 14.2 Å². The van der Waals surface area contributed by atoms with Crippen LogP contribution in [0.1, 0.15) is 46.5 Å². The Morgan fingerprint density at radius 1 is 1.29 bits per heavy atom. The van der Waals surface area contributed by atoms with E-state index in [0.29, 0.717) is 31.6 Å². The Kier molecular flexibility index (Phi) is 3.80. The van der Waals surface area contributed by atoms with E-state index >= 15 is 0 Å². The summed E-state index contributed by atoms with van der Waals surface area (Å²) >= 11 is 0. The van der Waals surface area contributed by atoms with Gasteiger partial charge in [-0.1, -0.05) is 20.4 Å². The molecule has 6 nitrogen and oxygen atoms in total. The molecule has 0 amide bonds. The van der Waals surface area contributed by atoms with Gasteiger partial charge in [-0.05, 0) is 49.5 Å². The number of hydrogen-bond donors (Lipinski definition) is 1. The lowest BCUT2D eigenvalue weighted by Gasteiger charge is -2.62. The highest BCUT2D eigenvalue weighted by Gasteiger charge is 2.79. The first-order valence-corrected chi connectivity index (χ1v) is 10.6. The van der Waals surface area contributed by atoms with E-state index in [1.807, 2.05) is 6.92 Å². The maximum absolute atomic E-state index is 13.3. The van der Waals surface area contributed by atoms with E-state index in [2.05, 4.69) is 20.4 Å². The van der Waals surface area contributed by atoms with Crippen LogP contribution >= 0.6 is 0 Å². The van der Waals surface area contributed by atoms with Crippen LogP contribution in [0.3, 0.4) is 0 Å². The van der Waals surface area contributed by atoms with Gasteiger partial charge in [-0.2, -0.15) is 0 Å². The number of allylic oxidation sites excluding steroid dienone is 1. The normalized spacial score (nSPS) is 51.4. The number of fused-ring (bicyclic) bond motifs is 1. The second kappa shape index (κ2) is 5.67. The minimum atomic E-state index is -1.31. The highest BCUT2D eigenvalue weighted by Crippen LogP contribution is 2.71. The van der Waals surface area contributed by atoms with Crippen LogP contribution in [0.15, 0.2) is 12.2 Å². The van der Waals surface area contributed by atoms with Crippen molar-refractivity contribution in [1.29, 1.82) is 0 Å². The highest BCUT2D eigenvalue weighted by atomic mass is 16.7. The Bertz CT molecular complexity index is 758. The number of hydrogen-bond acceptors (Lipinski definition) is 6. The van der Waals surface area contributed by atoms with Gasteiger partial charge in [-0.25, -0.2) is 0 Å². The van der Waals surface area contributed by atoms with Gasteiger partial charge in [-0.3, -0.25) is 9.59 Å². The number of esters is 1. The molecule has 2 heterocycles. The monoisotopic (exact) mass is 390 g/mol. The quantitative estimate of drug-likeness (QED) is 0.442. The van der Waals surface area contributed by atoms with Crippen LogP contribution < -0.4 is 0 Å². The predicted molar refractivity (Wildman–Crippen MR) is 99.0 cm³/mol. The summed E-state index contributed by atoms with van der Waals surface area (Å²) in [5.41, 5.74) is -1.57. The second-order valence-electron chi connectivity index (χ2n) is 10.2. The number of aliphatic hydroxyl groups excluding tert-OH is 1. The third-order valence-corrected chi connectivity index (χ3v) is 8.56. The Hall–Kier alpha value is -1.24. The molecule has 0 aromatic heterocycles. The number of carbonyl (C=O) groups is 2. The molecule has 3 aliphatic carbocycles. The lowest BCUT2D eigenvalue weighted by molar-refractivity contribution is -0.253. The molecule has 0 aromatic rings. The lowest BCUT2D eigenvalue weighted by Crippen LogP contribution is -2.70. The largest absolute Gasteiger partial charge is 0.461 e. The first-order chi connectivity index (χ1) is 13.2. The third kappa shape index (κ3) is 1.95. The summed E-state index contributed by atoms with van der Waals surface area (Å²) in [5.74, 6) is -1.39. The fraction of sp³-hybridized carbons (Fsp3) is 0.818. The number of ketones is 1. The SMILES string of the molecule is C=C1C(=O)[C@]23C[C@H]1C[C@@H](O)[C@H]2[C@@]12CO[C@@H](OCC)[C@@H]1C(C)(C)CC[C@@H]2OC3=O. The van der Waals surface area contributed by atoms with Crippen LogP contribution in [-0.2, 0) is 23.8 Å². The standard InChI is InChI=1S/C22H30O6/c1-5-26-18-16-20(3,4)7-6-14-22(16,10-27-18)15-13(23)8-12-9-21(15,19(25)28-14)17(24)11(12)2/h12-16,18,23H,2,5-10H2,1,3-4H3/t12-,13-,14+,15-,16-,18-,21+,22+/m1/s1. The molecule has 154 valence electrons. The summed E-state index contributed by atoms with van der Waals surface area (Å²) in [5, 5.41) is 11.3. The molecule has 5 rings (SSSR count). The van der Waals surface area contributed by atoms with Gasteiger partial charge in [0.15, 0.2) is 12.1 Å². The Balaban J connectivity index is 1.71. The van der Waals surface area contributed by atoms with E-state index in [1.165, 1.54) is 0 Å².